The number of aromatic nitrogens is 2. The summed E-state index contributed by atoms with van der Waals surface area (Å²) in [6.45, 7) is 1.82. The van der Waals surface area contributed by atoms with E-state index in [-0.39, 0.29) is 11.4 Å². The molecular formula is C14H13F4N3. The summed E-state index contributed by atoms with van der Waals surface area (Å²) in [4.78, 5) is 8.06. The van der Waals surface area contributed by atoms with E-state index in [9.17, 15) is 17.6 Å². The van der Waals surface area contributed by atoms with Crippen molar-refractivity contribution in [3.8, 4) is 11.4 Å². The Bertz CT molecular complexity index is 631. The number of hydrogen-bond acceptors (Lipinski definition) is 3. The lowest BCUT2D eigenvalue weighted by molar-refractivity contribution is -0.137. The molecule has 1 N–H and O–H groups in total. The van der Waals surface area contributed by atoms with E-state index < -0.39 is 17.6 Å². The topological polar surface area (TPSA) is 37.8 Å². The molecule has 0 unspecified atom stereocenters. The first-order valence-corrected chi connectivity index (χ1v) is 6.28. The van der Waals surface area contributed by atoms with Crippen LogP contribution in [0.4, 0.5) is 23.4 Å². The standard InChI is InChI=1S/C14H13F4N3/c1-3-9-7-12(19-2)21-13(20-9)10-6-8(15)4-5-11(10)14(16,17)18/h4-7H,3H2,1-2H3,(H,19,20,21). The van der Waals surface area contributed by atoms with Crippen LogP contribution < -0.4 is 5.32 Å². The molecule has 2 aromatic rings. The zero-order chi connectivity index (χ0) is 15.6. The van der Waals surface area contributed by atoms with Crippen LogP contribution in [0.5, 0.6) is 0 Å². The minimum absolute atomic E-state index is 0.148. The Morgan fingerprint density at radius 1 is 1.14 bits per heavy atom. The Labute approximate surface area is 119 Å². The number of nitrogens with one attached hydrogen (secondary N) is 1. The normalized spacial score (nSPS) is 11.5. The lowest BCUT2D eigenvalue weighted by Gasteiger charge is -2.13. The fraction of sp³-hybridized carbons (Fsp3) is 0.286. The number of anilines is 1. The van der Waals surface area contributed by atoms with Crippen LogP contribution in [0.15, 0.2) is 24.3 Å². The van der Waals surface area contributed by atoms with E-state index >= 15 is 0 Å². The fourth-order valence-corrected chi connectivity index (χ4v) is 1.88. The summed E-state index contributed by atoms with van der Waals surface area (Å²) in [5.74, 6) is -0.533. The van der Waals surface area contributed by atoms with E-state index in [0.29, 0.717) is 24.0 Å². The van der Waals surface area contributed by atoms with Gasteiger partial charge >= 0.3 is 6.18 Å². The van der Waals surface area contributed by atoms with Crippen LogP contribution >= 0.6 is 0 Å². The first-order chi connectivity index (χ1) is 9.85. The molecule has 0 aliphatic rings. The summed E-state index contributed by atoms with van der Waals surface area (Å²) in [7, 11) is 1.60. The Hall–Kier alpha value is -2.18. The molecule has 7 heteroatoms. The lowest BCUT2D eigenvalue weighted by Crippen LogP contribution is -2.09. The smallest absolute Gasteiger partial charge is 0.373 e. The number of halogens is 4. The quantitative estimate of drug-likeness (QED) is 0.873. The largest absolute Gasteiger partial charge is 0.417 e. The van der Waals surface area contributed by atoms with Crippen molar-refractivity contribution in [2.24, 2.45) is 0 Å². The maximum atomic E-state index is 13.3. The van der Waals surface area contributed by atoms with Gasteiger partial charge in [-0.25, -0.2) is 14.4 Å². The SMILES string of the molecule is CCc1cc(NC)nc(-c2cc(F)ccc2C(F)(F)F)n1. The van der Waals surface area contributed by atoms with E-state index in [2.05, 4.69) is 15.3 Å². The Morgan fingerprint density at radius 3 is 2.43 bits per heavy atom. The molecule has 3 nitrogen and oxygen atoms in total. The summed E-state index contributed by atoms with van der Waals surface area (Å²) in [5.41, 5.74) is -0.754. The van der Waals surface area contributed by atoms with Gasteiger partial charge in [-0.05, 0) is 24.6 Å². The van der Waals surface area contributed by atoms with Gasteiger partial charge in [-0.3, -0.25) is 0 Å². The van der Waals surface area contributed by atoms with Crippen LogP contribution in [0, 0.1) is 5.82 Å². The van der Waals surface area contributed by atoms with Crippen LogP contribution in [0.25, 0.3) is 11.4 Å². The molecule has 0 aliphatic heterocycles. The molecule has 1 aromatic heterocycles. The molecule has 1 heterocycles. The van der Waals surface area contributed by atoms with Crippen molar-refractivity contribution >= 4 is 5.82 Å². The summed E-state index contributed by atoms with van der Waals surface area (Å²) in [6, 6.07) is 3.91. The molecule has 112 valence electrons. The van der Waals surface area contributed by atoms with Crippen molar-refractivity contribution in [1.29, 1.82) is 0 Å². The third-order valence-electron chi connectivity index (χ3n) is 2.93. The monoisotopic (exact) mass is 299 g/mol. The number of benzene rings is 1. The molecular weight excluding hydrogens is 286 g/mol. The summed E-state index contributed by atoms with van der Waals surface area (Å²) in [6.07, 6.45) is -4.07. The molecule has 0 aliphatic carbocycles. The minimum Gasteiger partial charge on any atom is -0.373 e. The van der Waals surface area contributed by atoms with Gasteiger partial charge in [0, 0.05) is 24.4 Å². The van der Waals surface area contributed by atoms with Gasteiger partial charge in [0.05, 0.1) is 5.56 Å². The molecule has 0 radical (unpaired) electrons. The van der Waals surface area contributed by atoms with Gasteiger partial charge in [0.25, 0.3) is 0 Å². The lowest BCUT2D eigenvalue weighted by atomic mass is 10.1. The Balaban J connectivity index is 2.68. The van der Waals surface area contributed by atoms with Crippen LogP contribution in [0.2, 0.25) is 0 Å². The molecule has 0 amide bonds. The highest BCUT2D eigenvalue weighted by Gasteiger charge is 2.34. The molecule has 0 saturated heterocycles. The van der Waals surface area contributed by atoms with Crippen molar-refractivity contribution in [3.63, 3.8) is 0 Å². The highest BCUT2D eigenvalue weighted by Crippen LogP contribution is 2.36. The molecule has 0 fully saturated rings. The van der Waals surface area contributed by atoms with Gasteiger partial charge in [0.2, 0.25) is 0 Å². The molecule has 1 aromatic carbocycles. The average Bonchev–Trinajstić information content (AvgIpc) is 2.45. The zero-order valence-corrected chi connectivity index (χ0v) is 11.4. The van der Waals surface area contributed by atoms with Gasteiger partial charge < -0.3 is 5.32 Å². The second-order valence-corrected chi connectivity index (χ2v) is 4.36. The third kappa shape index (κ3) is 3.29. The van der Waals surface area contributed by atoms with Gasteiger partial charge in [-0.15, -0.1) is 0 Å². The Kier molecular flexibility index (Phi) is 4.11. The van der Waals surface area contributed by atoms with E-state index in [0.717, 1.165) is 12.1 Å². The first kappa shape index (κ1) is 15.2. The third-order valence-corrected chi connectivity index (χ3v) is 2.93. The van der Waals surface area contributed by atoms with Crippen molar-refractivity contribution in [2.45, 2.75) is 19.5 Å². The van der Waals surface area contributed by atoms with Crippen molar-refractivity contribution in [1.82, 2.24) is 9.97 Å². The Morgan fingerprint density at radius 2 is 1.86 bits per heavy atom. The minimum atomic E-state index is -4.60. The molecule has 21 heavy (non-hydrogen) atoms. The predicted molar refractivity (Wildman–Crippen MR) is 71.4 cm³/mol. The van der Waals surface area contributed by atoms with Gasteiger partial charge in [0.15, 0.2) is 5.82 Å². The second-order valence-electron chi connectivity index (χ2n) is 4.36. The number of hydrogen-bond donors (Lipinski definition) is 1. The van der Waals surface area contributed by atoms with E-state index in [1.165, 1.54) is 0 Å². The van der Waals surface area contributed by atoms with E-state index in [1.54, 1.807) is 13.1 Å². The number of nitrogens with zero attached hydrogens (tertiary/aromatic N) is 2. The van der Waals surface area contributed by atoms with Gasteiger partial charge in [-0.1, -0.05) is 6.92 Å². The molecule has 2 rings (SSSR count). The van der Waals surface area contributed by atoms with Crippen molar-refractivity contribution < 1.29 is 17.6 Å². The number of rotatable bonds is 3. The van der Waals surface area contributed by atoms with Crippen LogP contribution in [0.1, 0.15) is 18.2 Å². The molecule has 0 bridgehead atoms. The summed E-state index contributed by atoms with van der Waals surface area (Å²) in [5, 5.41) is 2.76. The highest BCUT2D eigenvalue weighted by molar-refractivity contribution is 5.63. The maximum absolute atomic E-state index is 13.3. The molecule has 0 saturated carbocycles. The summed E-state index contributed by atoms with van der Waals surface area (Å²) < 4.78 is 52.5. The molecule has 0 spiro atoms. The van der Waals surface area contributed by atoms with Gasteiger partial charge in [0.1, 0.15) is 11.6 Å². The predicted octanol–water partition coefficient (Wildman–Crippen LogP) is 3.91. The second kappa shape index (κ2) is 5.67. The van der Waals surface area contributed by atoms with Crippen LogP contribution in [-0.4, -0.2) is 17.0 Å². The van der Waals surface area contributed by atoms with Crippen LogP contribution in [0.3, 0.4) is 0 Å². The highest BCUT2D eigenvalue weighted by atomic mass is 19.4. The van der Waals surface area contributed by atoms with E-state index in [1.807, 2.05) is 6.92 Å². The fourth-order valence-electron chi connectivity index (χ4n) is 1.88. The molecule has 0 atom stereocenters. The van der Waals surface area contributed by atoms with Gasteiger partial charge in [-0.2, -0.15) is 13.2 Å². The number of aryl methyl sites for hydroxylation is 1. The zero-order valence-electron chi connectivity index (χ0n) is 11.4. The number of alkyl halides is 3. The van der Waals surface area contributed by atoms with Crippen molar-refractivity contribution in [3.05, 3.63) is 41.3 Å². The summed E-state index contributed by atoms with van der Waals surface area (Å²) >= 11 is 0. The maximum Gasteiger partial charge on any atom is 0.417 e. The van der Waals surface area contributed by atoms with Crippen LogP contribution in [-0.2, 0) is 12.6 Å². The van der Waals surface area contributed by atoms with E-state index in [4.69, 9.17) is 0 Å². The van der Waals surface area contributed by atoms with Crippen molar-refractivity contribution in [2.75, 3.05) is 12.4 Å². The first-order valence-electron chi connectivity index (χ1n) is 6.28. The average molecular weight is 299 g/mol.